The monoisotopic (exact) mass is 282 g/mol. The fourth-order valence-electron chi connectivity index (χ4n) is 3.90. The van der Waals surface area contributed by atoms with Gasteiger partial charge in [0.25, 0.3) is 0 Å². The van der Waals surface area contributed by atoms with Crippen LogP contribution >= 0.6 is 0 Å². The molecule has 0 N–H and O–H groups in total. The van der Waals surface area contributed by atoms with Crippen molar-refractivity contribution in [3.05, 3.63) is 0 Å². The maximum atomic E-state index is 10.9. The van der Waals surface area contributed by atoms with E-state index in [0.717, 1.165) is 24.7 Å². The van der Waals surface area contributed by atoms with E-state index in [2.05, 4.69) is 0 Å². The Balaban J connectivity index is 1.58. The summed E-state index contributed by atoms with van der Waals surface area (Å²) < 4.78 is 10.7. The van der Waals surface area contributed by atoms with Crippen molar-refractivity contribution in [2.24, 2.45) is 11.8 Å². The lowest BCUT2D eigenvalue weighted by Crippen LogP contribution is -2.24. The molecule has 2 saturated carbocycles. The minimum absolute atomic E-state index is 0.122. The number of carbonyl (C=O) groups is 1. The molecule has 0 saturated heterocycles. The standard InChI is InChI=1S/C17H30O3/c1-13(18)20-17-11-7-15(8-12-17)4-3-14-5-9-16(19-2)10-6-14/h14-17H,3-12H2,1-2H3. The highest BCUT2D eigenvalue weighted by molar-refractivity contribution is 5.66. The molecule has 0 aromatic carbocycles. The maximum absolute atomic E-state index is 10.9. The van der Waals surface area contributed by atoms with E-state index in [1.807, 2.05) is 7.11 Å². The molecule has 2 fully saturated rings. The van der Waals surface area contributed by atoms with Crippen LogP contribution in [0.2, 0.25) is 0 Å². The van der Waals surface area contributed by atoms with Crippen LogP contribution in [0.5, 0.6) is 0 Å². The summed E-state index contributed by atoms with van der Waals surface area (Å²) in [6, 6.07) is 0. The topological polar surface area (TPSA) is 35.5 Å². The third kappa shape index (κ3) is 5.08. The van der Waals surface area contributed by atoms with Gasteiger partial charge in [-0.05, 0) is 63.2 Å². The first-order valence-corrected chi connectivity index (χ1v) is 8.37. The van der Waals surface area contributed by atoms with Gasteiger partial charge in [0.05, 0.1) is 6.10 Å². The number of hydrogen-bond acceptors (Lipinski definition) is 3. The number of ether oxygens (including phenoxy) is 2. The average molecular weight is 282 g/mol. The van der Waals surface area contributed by atoms with Crippen molar-refractivity contribution < 1.29 is 14.3 Å². The first-order valence-electron chi connectivity index (χ1n) is 8.37. The van der Waals surface area contributed by atoms with Gasteiger partial charge < -0.3 is 9.47 Å². The zero-order chi connectivity index (χ0) is 14.4. The van der Waals surface area contributed by atoms with Crippen molar-refractivity contribution in [3.8, 4) is 0 Å². The summed E-state index contributed by atoms with van der Waals surface area (Å²) in [5.41, 5.74) is 0. The summed E-state index contributed by atoms with van der Waals surface area (Å²) in [7, 11) is 1.84. The van der Waals surface area contributed by atoms with E-state index in [1.54, 1.807) is 0 Å². The van der Waals surface area contributed by atoms with Crippen LogP contribution in [0, 0.1) is 11.8 Å². The van der Waals surface area contributed by atoms with Crippen LogP contribution < -0.4 is 0 Å². The number of rotatable bonds is 5. The Morgan fingerprint density at radius 3 is 1.70 bits per heavy atom. The summed E-state index contributed by atoms with van der Waals surface area (Å²) in [6.45, 7) is 1.52. The number of esters is 1. The smallest absolute Gasteiger partial charge is 0.302 e. The molecular weight excluding hydrogens is 252 g/mol. The van der Waals surface area contributed by atoms with Crippen LogP contribution in [0.3, 0.4) is 0 Å². The molecular formula is C17H30O3. The van der Waals surface area contributed by atoms with Crippen molar-refractivity contribution in [1.29, 1.82) is 0 Å². The third-order valence-corrected chi connectivity index (χ3v) is 5.24. The molecule has 0 atom stereocenters. The van der Waals surface area contributed by atoms with Gasteiger partial charge in [0.1, 0.15) is 6.10 Å². The molecule has 2 rings (SSSR count). The molecule has 0 unspecified atom stereocenters. The summed E-state index contributed by atoms with van der Waals surface area (Å²) in [4.78, 5) is 10.9. The molecule has 2 aliphatic carbocycles. The largest absolute Gasteiger partial charge is 0.463 e. The number of hydrogen-bond donors (Lipinski definition) is 0. The van der Waals surface area contributed by atoms with Crippen molar-refractivity contribution in [2.45, 2.75) is 83.3 Å². The van der Waals surface area contributed by atoms with E-state index in [0.29, 0.717) is 6.10 Å². The van der Waals surface area contributed by atoms with E-state index in [1.165, 1.54) is 58.3 Å². The first kappa shape index (κ1) is 15.8. The molecule has 0 aliphatic heterocycles. The Bertz CT molecular complexity index is 287. The molecule has 0 spiro atoms. The molecule has 2 aliphatic rings. The van der Waals surface area contributed by atoms with Crippen molar-refractivity contribution in [1.82, 2.24) is 0 Å². The maximum Gasteiger partial charge on any atom is 0.302 e. The molecule has 0 aromatic rings. The van der Waals surface area contributed by atoms with E-state index < -0.39 is 0 Å². The van der Waals surface area contributed by atoms with Crippen LogP contribution in [0.4, 0.5) is 0 Å². The Kier molecular flexibility index (Phi) is 6.34. The summed E-state index contributed by atoms with van der Waals surface area (Å²) in [6.07, 6.45) is 13.3. The van der Waals surface area contributed by atoms with Crippen molar-refractivity contribution in [3.63, 3.8) is 0 Å². The lowest BCUT2D eigenvalue weighted by atomic mass is 9.79. The predicted molar refractivity (Wildman–Crippen MR) is 79.5 cm³/mol. The minimum Gasteiger partial charge on any atom is -0.463 e. The van der Waals surface area contributed by atoms with Gasteiger partial charge in [-0.1, -0.05) is 12.8 Å². The third-order valence-electron chi connectivity index (χ3n) is 5.24. The van der Waals surface area contributed by atoms with Crippen LogP contribution in [0.1, 0.15) is 71.1 Å². The number of methoxy groups -OCH3 is 1. The zero-order valence-electron chi connectivity index (χ0n) is 13.1. The molecule has 3 heteroatoms. The summed E-state index contributed by atoms with van der Waals surface area (Å²) >= 11 is 0. The van der Waals surface area contributed by atoms with E-state index in [9.17, 15) is 4.79 Å². The fourth-order valence-corrected chi connectivity index (χ4v) is 3.90. The van der Waals surface area contributed by atoms with E-state index >= 15 is 0 Å². The summed E-state index contributed by atoms with van der Waals surface area (Å²) in [5, 5.41) is 0. The lowest BCUT2D eigenvalue weighted by Gasteiger charge is -2.31. The Hall–Kier alpha value is -0.570. The molecule has 116 valence electrons. The minimum atomic E-state index is -0.122. The molecule has 0 heterocycles. The predicted octanol–water partition coefficient (Wildman–Crippen LogP) is 4.09. The van der Waals surface area contributed by atoms with Gasteiger partial charge in [-0.2, -0.15) is 0 Å². The van der Waals surface area contributed by atoms with Gasteiger partial charge >= 0.3 is 5.97 Å². The highest BCUT2D eigenvalue weighted by Gasteiger charge is 2.25. The van der Waals surface area contributed by atoms with Gasteiger partial charge in [-0.25, -0.2) is 0 Å². The first-order chi connectivity index (χ1) is 9.67. The van der Waals surface area contributed by atoms with Crippen LogP contribution in [-0.4, -0.2) is 25.3 Å². The van der Waals surface area contributed by atoms with Gasteiger partial charge in [0, 0.05) is 14.0 Å². The van der Waals surface area contributed by atoms with Crippen LogP contribution in [0.15, 0.2) is 0 Å². The van der Waals surface area contributed by atoms with Crippen LogP contribution in [-0.2, 0) is 14.3 Å². The van der Waals surface area contributed by atoms with Gasteiger partial charge in [-0.15, -0.1) is 0 Å². The number of carbonyl (C=O) groups excluding carboxylic acids is 1. The van der Waals surface area contributed by atoms with Gasteiger partial charge in [0.2, 0.25) is 0 Å². The Morgan fingerprint density at radius 1 is 0.850 bits per heavy atom. The highest BCUT2D eigenvalue weighted by Crippen LogP contribution is 2.34. The molecule has 0 radical (unpaired) electrons. The normalized spacial score (nSPS) is 34.7. The quantitative estimate of drug-likeness (QED) is 0.712. The van der Waals surface area contributed by atoms with Crippen LogP contribution in [0.25, 0.3) is 0 Å². The fraction of sp³-hybridized carbons (Fsp3) is 0.941. The van der Waals surface area contributed by atoms with Crippen molar-refractivity contribution in [2.75, 3.05) is 7.11 Å². The Morgan fingerprint density at radius 2 is 1.30 bits per heavy atom. The highest BCUT2D eigenvalue weighted by atomic mass is 16.5. The lowest BCUT2D eigenvalue weighted by molar-refractivity contribution is -0.148. The second-order valence-corrected chi connectivity index (χ2v) is 6.71. The average Bonchev–Trinajstić information content (AvgIpc) is 2.46. The molecule has 0 amide bonds. The van der Waals surface area contributed by atoms with Crippen molar-refractivity contribution >= 4 is 5.97 Å². The van der Waals surface area contributed by atoms with Gasteiger partial charge in [-0.3, -0.25) is 4.79 Å². The molecule has 0 bridgehead atoms. The van der Waals surface area contributed by atoms with E-state index in [4.69, 9.17) is 9.47 Å². The second kappa shape index (κ2) is 8.02. The SMILES string of the molecule is COC1CCC(CCC2CCC(OC(C)=O)CC2)CC1. The molecule has 0 aromatic heterocycles. The Labute approximate surface area is 123 Å². The van der Waals surface area contributed by atoms with E-state index in [-0.39, 0.29) is 12.1 Å². The summed E-state index contributed by atoms with van der Waals surface area (Å²) in [5.74, 6) is 1.66. The molecule has 20 heavy (non-hydrogen) atoms. The van der Waals surface area contributed by atoms with Gasteiger partial charge in [0.15, 0.2) is 0 Å². The zero-order valence-corrected chi connectivity index (χ0v) is 13.1. The second-order valence-electron chi connectivity index (χ2n) is 6.71. The molecule has 3 nitrogen and oxygen atoms in total.